The van der Waals surface area contributed by atoms with Crippen LogP contribution < -0.4 is 22.1 Å². The van der Waals surface area contributed by atoms with Gasteiger partial charge < -0.3 is 31.6 Å². The van der Waals surface area contributed by atoms with E-state index < -0.39 is 46.0 Å². The molecule has 0 unspecified atom stereocenters. The molecule has 3 atom stereocenters. The number of amides is 2. The third kappa shape index (κ3) is 87.8. The molecule has 0 aromatic rings. The van der Waals surface area contributed by atoms with E-state index in [1.807, 2.05) is 20.8 Å². The molecule has 0 aliphatic heterocycles. The summed E-state index contributed by atoms with van der Waals surface area (Å²) >= 11 is 4.55. The van der Waals surface area contributed by atoms with Crippen LogP contribution in [-0.2, 0) is 38.2 Å². The number of nitrogens with two attached hydrogens (primary N) is 2. The Balaban J connectivity index is -0.0000000819. The monoisotopic (exact) mass is 992 g/mol. The van der Waals surface area contributed by atoms with Crippen LogP contribution in [0.4, 0.5) is 9.59 Å². The molecule has 0 saturated heterocycles. The number of nitrogens with one attached hydrogen (secondary N) is 3. The van der Waals surface area contributed by atoms with E-state index in [4.69, 9.17) is 26.5 Å². The van der Waals surface area contributed by atoms with Gasteiger partial charge in [0.25, 0.3) is 0 Å². The molecule has 0 radical (unpaired) electrons. The maximum absolute atomic E-state index is 11.7. The second kappa shape index (κ2) is 44.0. The minimum atomic E-state index is -3.19. The number of carbonyl (C=O) groups is 2. The fourth-order valence-corrected chi connectivity index (χ4v) is 5.21. The van der Waals surface area contributed by atoms with Crippen molar-refractivity contribution in [3.8, 4) is 0 Å². The first-order chi connectivity index (χ1) is 25.3. The van der Waals surface area contributed by atoms with E-state index >= 15 is 0 Å². The Bertz CT molecular complexity index is 1380. The third-order valence-electron chi connectivity index (χ3n) is 6.24. The Morgan fingerprint density at radius 3 is 1.27 bits per heavy atom. The average molecular weight is 995 g/mol. The van der Waals surface area contributed by atoms with Crippen LogP contribution in [-0.4, -0.2) is 104 Å². The van der Waals surface area contributed by atoms with Gasteiger partial charge in [0.1, 0.15) is 30.9 Å². The summed E-state index contributed by atoms with van der Waals surface area (Å²) in [5, 5.41) is 10.6. The highest BCUT2D eigenvalue weighted by Gasteiger charge is 2.21. The first-order valence-electron chi connectivity index (χ1n) is 18.4. The molecule has 24 heteroatoms. The van der Waals surface area contributed by atoms with Gasteiger partial charge in [0.05, 0.1) is 29.5 Å². The predicted molar refractivity (Wildman–Crippen MR) is 255 cm³/mol. The van der Waals surface area contributed by atoms with Gasteiger partial charge in [0, 0.05) is 47.9 Å². The Hall–Kier alpha value is -1.62. The summed E-state index contributed by atoms with van der Waals surface area (Å²) in [5.74, 6) is 0.301. The van der Waals surface area contributed by atoms with Crippen LogP contribution in [0.3, 0.4) is 0 Å². The number of halogens is 3. The maximum Gasteiger partial charge on any atom is 0.407 e. The van der Waals surface area contributed by atoms with Gasteiger partial charge in [-0.3, -0.25) is 0 Å². The zero-order valence-corrected chi connectivity index (χ0v) is 40.9. The number of alkyl carbamates (subject to hydrolysis) is 2. The van der Waals surface area contributed by atoms with E-state index in [1.54, 1.807) is 20.8 Å². The van der Waals surface area contributed by atoms with Crippen molar-refractivity contribution in [3.05, 3.63) is 0 Å². The summed E-state index contributed by atoms with van der Waals surface area (Å²) in [6.45, 7) is 17.6. The van der Waals surface area contributed by atoms with Crippen molar-refractivity contribution >= 4 is 75.8 Å². The fraction of sp³-hybridized carbons (Fsp3) is 0.944. The molecule has 0 fully saturated rings. The Kier molecular flexibility index (Phi) is 57.8. The lowest BCUT2D eigenvalue weighted by molar-refractivity contribution is 0.0489. The summed E-state index contributed by atoms with van der Waals surface area (Å²) in [4.78, 5) is 23.1. The molecule has 2 amide bonds. The van der Waals surface area contributed by atoms with Crippen molar-refractivity contribution in [1.29, 1.82) is 5.53 Å². The molecule has 0 spiro atoms. The highest BCUT2D eigenvalue weighted by atomic mass is 35.7. The summed E-state index contributed by atoms with van der Waals surface area (Å²) in [6, 6.07) is -0.0657. The topological polar surface area (TPSA) is 292 Å². The normalized spacial score (nSPS) is 12.4. The van der Waals surface area contributed by atoms with E-state index in [9.17, 15) is 34.8 Å². The minimum absolute atomic E-state index is 0. The standard InChI is InChI=1S/C13H27NO4S.C11H24N2O2.C8H19NO2S.CH3ClO2S.3CH4.ClHN4.ClH/c1-6-7-8-11(9-10-19(5,16)17)14-12(15)18-13(2,3)4;1-5-6-7-9(8-12)13-10(14)15-11(2,3)4;1-3-4-5-8(9)6-7-12(2,10)11;1-5(2,3)4;;;;1-3-5-4-2;/h11H,6-10H2,1-5H3,(H,14,15);9H,5-8,12H2,1-4H3,(H,13,14);8H,3-7,9H2,1-2H3;1H3;3*1H4;2H;1H/t11-;9-;8-;;;;;;/m111....../s1. The number of nitrogens with zero attached hydrogens (tertiary/aromatic N) is 3. The Labute approximate surface area is 382 Å². The van der Waals surface area contributed by atoms with Crippen LogP contribution in [0.25, 0.3) is 0 Å². The molecule has 0 rings (SSSR count). The van der Waals surface area contributed by atoms with Crippen molar-refractivity contribution in [2.75, 3.05) is 36.8 Å². The summed E-state index contributed by atoms with van der Waals surface area (Å²) in [5.41, 5.74) is 16.1. The van der Waals surface area contributed by atoms with E-state index in [1.165, 1.54) is 12.5 Å². The Morgan fingerprint density at radius 2 is 1.00 bits per heavy atom. The number of sulfone groups is 2. The molecule has 0 saturated carbocycles. The number of carbonyl (C=O) groups excluding carboxylic acids is 2. The van der Waals surface area contributed by atoms with Gasteiger partial charge in [0.15, 0.2) is 0 Å². The van der Waals surface area contributed by atoms with Crippen LogP contribution in [0, 0.1) is 5.53 Å². The maximum atomic E-state index is 11.7. The zero-order valence-electron chi connectivity index (χ0n) is 36.1. The molecule has 0 aromatic heterocycles. The van der Waals surface area contributed by atoms with Gasteiger partial charge in [-0.25, -0.2) is 34.8 Å². The molecule has 18 nitrogen and oxygen atoms in total. The number of ether oxygens (including phenoxy) is 2. The fourth-order valence-electron chi connectivity index (χ4n) is 3.74. The van der Waals surface area contributed by atoms with E-state index in [-0.39, 0.29) is 70.4 Å². The molecule has 0 aliphatic rings. The predicted octanol–water partition coefficient (Wildman–Crippen LogP) is 9.53. The van der Waals surface area contributed by atoms with Crippen molar-refractivity contribution in [2.24, 2.45) is 26.5 Å². The lowest BCUT2D eigenvalue weighted by Crippen LogP contribution is -2.42. The highest BCUT2D eigenvalue weighted by Crippen LogP contribution is 2.11. The lowest BCUT2D eigenvalue weighted by Gasteiger charge is -2.23. The average Bonchev–Trinajstić information content (AvgIpc) is 3.00. The smallest absolute Gasteiger partial charge is 0.407 e. The summed E-state index contributed by atoms with van der Waals surface area (Å²) in [7, 11) is -4.52. The molecule has 0 bridgehead atoms. The second-order valence-electron chi connectivity index (χ2n) is 14.9. The summed E-state index contributed by atoms with van der Waals surface area (Å²) in [6.07, 6.45) is 12.5. The van der Waals surface area contributed by atoms with Crippen molar-refractivity contribution in [1.82, 2.24) is 10.6 Å². The van der Waals surface area contributed by atoms with Gasteiger partial charge in [-0.2, -0.15) is 5.53 Å². The van der Waals surface area contributed by atoms with Gasteiger partial charge >= 0.3 is 12.2 Å². The SMILES string of the molecule is C.C.C.CCCC[C@@H](N)CCS(C)(=O)=O.CCCC[C@H](CCS(C)(=O)=O)NC(=O)OC(C)(C)C.CCCC[C@H](CN)NC(=O)OC(C)(C)C.CS(=O)(=O)Cl.Cl.N=NN=NCl. The molecule has 0 aliphatic carbocycles. The number of hydrogen-bond acceptors (Lipinski definition) is 14. The highest BCUT2D eigenvalue weighted by molar-refractivity contribution is 8.13. The molecule has 7 N–H and O–H groups in total. The van der Waals surface area contributed by atoms with E-state index in [2.05, 4.69) is 68.9 Å². The molecule has 370 valence electrons. The third-order valence-corrected chi connectivity index (χ3v) is 8.26. The number of hydrogen-bond donors (Lipinski definition) is 5. The minimum Gasteiger partial charge on any atom is -0.444 e. The molecule has 60 heavy (non-hydrogen) atoms. The van der Waals surface area contributed by atoms with Gasteiger partial charge in [-0.15, -0.1) is 12.4 Å². The van der Waals surface area contributed by atoms with Gasteiger partial charge in [-0.1, -0.05) is 86.2 Å². The molecular formula is C36H87Cl3N8O10S3. The van der Waals surface area contributed by atoms with Gasteiger partial charge in [-0.05, 0) is 84.1 Å². The van der Waals surface area contributed by atoms with Crippen LogP contribution >= 0.6 is 34.9 Å². The first kappa shape index (κ1) is 78.8. The molecule has 0 heterocycles. The van der Waals surface area contributed by atoms with Crippen molar-refractivity contribution in [2.45, 2.75) is 185 Å². The first-order valence-corrected chi connectivity index (χ1v) is 25.5. The lowest BCUT2D eigenvalue weighted by atomic mass is 10.1. The van der Waals surface area contributed by atoms with Crippen LogP contribution in [0.5, 0.6) is 0 Å². The van der Waals surface area contributed by atoms with Crippen LogP contribution in [0.2, 0.25) is 0 Å². The van der Waals surface area contributed by atoms with Crippen LogP contribution in [0.1, 0.15) is 155 Å². The van der Waals surface area contributed by atoms with Crippen molar-refractivity contribution in [3.63, 3.8) is 0 Å². The zero-order chi connectivity index (χ0) is 45.2. The molecular weight excluding hydrogens is 907 g/mol. The van der Waals surface area contributed by atoms with E-state index in [0.29, 0.717) is 19.4 Å². The Morgan fingerprint density at radius 1 is 0.683 bits per heavy atom. The second-order valence-corrected chi connectivity index (χ2v) is 22.6. The van der Waals surface area contributed by atoms with Crippen molar-refractivity contribution < 1.29 is 44.3 Å². The van der Waals surface area contributed by atoms with E-state index in [0.717, 1.165) is 64.0 Å². The van der Waals surface area contributed by atoms with Gasteiger partial charge in [0.2, 0.25) is 9.05 Å². The number of unbranched alkanes of at least 4 members (excludes halogenated alkanes) is 3. The van der Waals surface area contributed by atoms with Crippen LogP contribution in [0.15, 0.2) is 15.1 Å². The quantitative estimate of drug-likeness (QED) is 0.0459. The number of rotatable bonds is 19. The summed E-state index contributed by atoms with van der Waals surface area (Å²) < 4.78 is 75.6. The largest absolute Gasteiger partial charge is 0.444 e. The molecule has 0 aromatic carbocycles.